The van der Waals surface area contributed by atoms with Crippen molar-refractivity contribution in [3.63, 3.8) is 0 Å². The Balaban J connectivity index is 1.11. The number of halogens is 6. The van der Waals surface area contributed by atoms with E-state index >= 15 is 4.39 Å². The summed E-state index contributed by atoms with van der Waals surface area (Å²) in [5, 5.41) is 0. The Kier molecular flexibility index (Phi) is 9.40. The van der Waals surface area contributed by atoms with Crippen LogP contribution in [0.5, 0.6) is 5.75 Å². The number of benzene rings is 2. The molecule has 3 saturated carbocycles. The monoisotopic (exact) mass is 578 g/mol. The Morgan fingerprint density at radius 2 is 1.27 bits per heavy atom. The summed E-state index contributed by atoms with van der Waals surface area (Å²) >= 11 is 0. The van der Waals surface area contributed by atoms with Crippen LogP contribution in [0, 0.1) is 41.1 Å². The summed E-state index contributed by atoms with van der Waals surface area (Å²) < 4.78 is 90.2. The van der Waals surface area contributed by atoms with Gasteiger partial charge in [0.2, 0.25) is 0 Å². The highest BCUT2D eigenvalue weighted by Crippen LogP contribution is 2.47. The summed E-state index contributed by atoms with van der Waals surface area (Å²) in [6.07, 6.45) is 7.25. The van der Waals surface area contributed by atoms with Gasteiger partial charge in [0.05, 0.1) is 12.2 Å². The van der Waals surface area contributed by atoms with Gasteiger partial charge in [-0.2, -0.15) is 8.78 Å². The minimum Gasteiger partial charge on any atom is -0.432 e. The van der Waals surface area contributed by atoms with Gasteiger partial charge < -0.3 is 4.74 Å². The van der Waals surface area contributed by atoms with E-state index in [1.54, 1.807) is 6.07 Å². The summed E-state index contributed by atoms with van der Waals surface area (Å²) in [5.74, 6) is -1.88. The summed E-state index contributed by atoms with van der Waals surface area (Å²) in [6, 6.07) is 7.22. The molecular formula is C34H40F6O. The SMILES string of the molecule is CC1CCC(c2ccc(C3CCC(C4CCC(C(F)(F)Oc5cc(F)c(/C=C/F)c(F)c5)CC4)CC3)c(F)c2)CC1. The van der Waals surface area contributed by atoms with Crippen molar-refractivity contribution in [1.29, 1.82) is 0 Å². The first kappa shape index (κ1) is 30.0. The first-order valence-corrected chi connectivity index (χ1v) is 15.3. The largest absolute Gasteiger partial charge is 0.432 e. The Morgan fingerprint density at radius 1 is 0.707 bits per heavy atom. The lowest BCUT2D eigenvalue weighted by molar-refractivity contribution is -0.224. The van der Waals surface area contributed by atoms with E-state index < -0.39 is 35.0 Å². The van der Waals surface area contributed by atoms with Gasteiger partial charge in [-0.15, -0.1) is 0 Å². The number of ether oxygens (including phenoxy) is 1. The minimum absolute atomic E-state index is 0.0188. The first-order chi connectivity index (χ1) is 19.6. The first-order valence-electron chi connectivity index (χ1n) is 15.3. The highest BCUT2D eigenvalue weighted by Gasteiger charge is 2.45. The van der Waals surface area contributed by atoms with E-state index in [2.05, 4.69) is 13.0 Å². The van der Waals surface area contributed by atoms with Gasteiger partial charge in [-0.05, 0) is 117 Å². The fourth-order valence-electron chi connectivity index (χ4n) is 7.63. The van der Waals surface area contributed by atoms with E-state index in [4.69, 9.17) is 4.74 Å². The molecule has 5 rings (SSSR count). The fourth-order valence-corrected chi connectivity index (χ4v) is 7.63. The predicted octanol–water partition coefficient (Wildman–Crippen LogP) is 11.1. The molecule has 0 saturated heterocycles. The van der Waals surface area contributed by atoms with Crippen molar-refractivity contribution in [3.05, 3.63) is 70.8 Å². The molecule has 0 N–H and O–H groups in total. The maximum absolute atomic E-state index is 15.2. The van der Waals surface area contributed by atoms with Crippen molar-refractivity contribution in [2.45, 2.75) is 102 Å². The van der Waals surface area contributed by atoms with E-state index in [-0.39, 0.29) is 30.9 Å². The number of hydrogen-bond donors (Lipinski definition) is 0. The van der Waals surface area contributed by atoms with Crippen LogP contribution in [0.25, 0.3) is 6.08 Å². The number of rotatable bonds is 7. The molecule has 0 bridgehead atoms. The van der Waals surface area contributed by atoms with Crippen molar-refractivity contribution in [3.8, 4) is 5.75 Å². The lowest BCUT2D eigenvalue weighted by Crippen LogP contribution is -2.38. The Hall–Kier alpha value is -2.44. The van der Waals surface area contributed by atoms with Crippen LogP contribution < -0.4 is 4.74 Å². The Bertz CT molecular complexity index is 1180. The molecule has 0 aromatic heterocycles. The molecule has 7 heteroatoms. The Labute approximate surface area is 239 Å². The normalized spacial score (nSPS) is 29.5. The van der Waals surface area contributed by atoms with Gasteiger partial charge in [-0.3, -0.25) is 0 Å². The highest BCUT2D eigenvalue weighted by atomic mass is 19.3. The molecule has 2 aromatic rings. The maximum Gasteiger partial charge on any atom is 0.400 e. The second-order valence-electron chi connectivity index (χ2n) is 12.7. The molecular weight excluding hydrogens is 538 g/mol. The molecule has 0 atom stereocenters. The second-order valence-corrected chi connectivity index (χ2v) is 12.7. The van der Waals surface area contributed by atoms with Crippen LogP contribution in [0.2, 0.25) is 0 Å². The van der Waals surface area contributed by atoms with Crippen molar-refractivity contribution >= 4 is 6.08 Å². The summed E-state index contributed by atoms with van der Waals surface area (Å²) in [5.41, 5.74) is 1.30. The summed E-state index contributed by atoms with van der Waals surface area (Å²) in [4.78, 5) is 0. The van der Waals surface area contributed by atoms with Gasteiger partial charge in [0.15, 0.2) is 0 Å². The molecule has 0 heterocycles. The number of alkyl halides is 2. The third-order valence-corrected chi connectivity index (χ3v) is 10.2. The third kappa shape index (κ3) is 6.97. The van der Waals surface area contributed by atoms with Crippen LogP contribution in [0.15, 0.2) is 36.7 Å². The Morgan fingerprint density at radius 3 is 1.83 bits per heavy atom. The lowest BCUT2D eigenvalue weighted by Gasteiger charge is -2.39. The third-order valence-electron chi connectivity index (χ3n) is 10.2. The van der Waals surface area contributed by atoms with Crippen LogP contribution >= 0.6 is 0 Å². The molecule has 1 nitrogen and oxygen atoms in total. The zero-order valence-corrected chi connectivity index (χ0v) is 23.7. The van der Waals surface area contributed by atoms with Crippen LogP contribution in [0.3, 0.4) is 0 Å². The van der Waals surface area contributed by atoms with E-state index in [0.29, 0.717) is 48.8 Å². The maximum atomic E-state index is 15.2. The highest BCUT2D eigenvalue weighted by molar-refractivity contribution is 5.51. The van der Waals surface area contributed by atoms with E-state index in [1.807, 2.05) is 6.07 Å². The van der Waals surface area contributed by atoms with Gasteiger partial charge in [-0.1, -0.05) is 31.9 Å². The van der Waals surface area contributed by atoms with Crippen molar-refractivity contribution in [2.24, 2.45) is 23.7 Å². The van der Waals surface area contributed by atoms with Gasteiger partial charge in [-0.25, -0.2) is 17.6 Å². The topological polar surface area (TPSA) is 9.23 Å². The van der Waals surface area contributed by atoms with Gasteiger partial charge >= 0.3 is 6.11 Å². The molecule has 224 valence electrons. The van der Waals surface area contributed by atoms with Crippen molar-refractivity contribution in [2.75, 3.05) is 0 Å². The second kappa shape index (κ2) is 12.8. The average molecular weight is 579 g/mol. The summed E-state index contributed by atoms with van der Waals surface area (Å²) in [6.45, 7) is 2.29. The molecule has 3 aliphatic rings. The average Bonchev–Trinajstić information content (AvgIpc) is 2.95. The minimum atomic E-state index is -3.57. The molecule has 0 radical (unpaired) electrons. The van der Waals surface area contributed by atoms with Gasteiger partial charge in [0, 0.05) is 17.7 Å². The molecule has 0 aliphatic heterocycles. The fraction of sp³-hybridized carbons (Fsp3) is 0.588. The van der Waals surface area contributed by atoms with Crippen molar-refractivity contribution < 1.29 is 31.1 Å². The molecule has 2 aromatic carbocycles. The van der Waals surface area contributed by atoms with Crippen molar-refractivity contribution in [1.82, 2.24) is 0 Å². The van der Waals surface area contributed by atoms with E-state index in [9.17, 15) is 22.0 Å². The molecule has 3 aliphatic carbocycles. The van der Waals surface area contributed by atoms with Crippen LogP contribution in [-0.2, 0) is 0 Å². The smallest absolute Gasteiger partial charge is 0.400 e. The number of hydrogen-bond acceptors (Lipinski definition) is 1. The molecule has 0 spiro atoms. The lowest BCUT2D eigenvalue weighted by atomic mass is 9.68. The predicted molar refractivity (Wildman–Crippen MR) is 149 cm³/mol. The van der Waals surface area contributed by atoms with Crippen LogP contribution in [0.1, 0.15) is 112 Å². The molecule has 0 unspecified atom stereocenters. The molecule has 41 heavy (non-hydrogen) atoms. The quantitative estimate of drug-likeness (QED) is 0.297. The van der Waals surface area contributed by atoms with E-state index in [1.165, 1.54) is 12.8 Å². The molecule has 3 fully saturated rings. The zero-order chi connectivity index (χ0) is 29.1. The summed E-state index contributed by atoms with van der Waals surface area (Å²) in [7, 11) is 0. The van der Waals surface area contributed by atoms with Gasteiger partial charge in [0.1, 0.15) is 23.2 Å². The molecule has 0 amide bonds. The van der Waals surface area contributed by atoms with Crippen LogP contribution in [0.4, 0.5) is 26.3 Å². The van der Waals surface area contributed by atoms with Gasteiger partial charge in [0.25, 0.3) is 0 Å². The standard InChI is InChI=1S/C34H40F6O/c1-21-2-4-24(5-3-21)26-12-15-29(31(36)18-26)25-8-6-22(7-9-25)23-10-13-27(14-11-23)34(39,40)41-28-19-32(37)30(16-17-35)33(38)20-28/h12,15-25,27H,2-11,13-14H2,1H3/b17-16+. The van der Waals surface area contributed by atoms with E-state index in [0.717, 1.165) is 55.6 Å². The zero-order valence-electron chi connectivity index (χ0n) is 23.7. The van der Waals surface area contributed by atoms with Crippen LogP contribution in [-0.4, -0.2) is 6.11 Å².